The second kappa shape index (κ2) is 7.17. The van der Waals surface area contributed by atoms with Crippen LogP contribution in [-0.2, 0) is 6.42 Å². The average molecular weight is 355 g/mol. The predicted molar refractivity (Wildman–Crippen MR) is 81.2 cm³/mol. The Balaban J connectivity index is 1.81. The number of hydrogen-bond acceptors (Lipinski definition) is 1. The molecule has 0 unspecified atom stereocenters. The van der Waals surface area contributed by atoms with Gasteiger partial charge in [0.25, 0.3) is 0 Å². The molecule has 0 saturated heterocycles. The van der Waals surface area contributed by atoms with Crippen molar-refractivity contribution in [2.75, 3.05) is 11.9 Å². The van der Waals surface area contributed by atoms with Gasteiger partial charge in [-0.1, -0.05) is 28.1 Å². The van der Waals surface area contributed by atoms with Gasteiger partial charge in [0.05, 0.1) is 5.69 Å². The fourth-order valence-electron chi connectivity index (χ4n) is 1.73. The highest BCUT2D eigenvalue weighted by molar-refractivity contribution is 9.10. The van der Waals surface area contributed by atoms with E-state index in [-0.39, 0.29) is 5.69 Å². The summed E-state index contributed by atoms with van der Waals surface area (Å²) in [5.74, 6) is -1.49. The first-order valence-corrected chi connectivity index (χ1v) is 7.08. The number of amides is 2. The summed E-state index contributed by atoms with van der Waals surface area (Å²) in [4.78, 5) is 11.6. The topological polar surface area (TPSA) is 41.1 Å². The van der Waals surface area contributed by atoms with Gasteiger partial charge in [-0.25, -0.2) is 13.6 Å². The second-order valence-electron chi connectivity index (χ2n) is 4.38. The summed E-state index contributed by atoms with van der Waals surface area (Å²) < 4.78 is 27.1. The van der Waals surface area contributed by atoms with Crippen molar-refractivity contribution < 1.29 is 13.6 Å². The normalized spacial score (nSPS) is 10.2. The molecule has 2 amide bonds. The summed E-state index contributed by atoms with van der Waals surface area (Å²) in [6.07, 6.45) is 0.659. The Labute approximate surface area is 129 Å². The predicted octanol–water partition coefficient (Wildman–Crippen LogP) is 4.09. The van der Waals surface area contributed by atoms with Gasteiger partial charge in [0.15, 0.2) is 0 Å². The van der Waals surface area contributed by atoms with Crippen LogP contribution in [0.2, 0.25) is 0 Å². The van der Waals surface area contributed by atoms with Crippen LogP contribution in [0.15, 0.2) is 46.9 Å². The van der Waals surface area contributed by atoms with E-state index >= 15 is 0 Å². The van der Waals surface area contributed by atoms with Crippen LogP contribution >= 0.6 is 15.9 Å². The molecule has 0 atom stereocenters. The quantitative estimate of drug-likeness (QED) is 0.852. The van der Waals surface area contributed by atoms with Crippen LogP contribution in [0.5, 0.6) is 0 Å². The third kappa shape index (κ3) is 4.82. The third-order valence-electron chi connectivity index (χ3n) is 2.79. The molecule has 0 radical (unpaired) electrons. The molecule has 0 aliphatic rings. The van der Waals surface area contributed by atoms with Crippen molar-refractivity contribution >= 4 is 27.6 Å². The molecule has 0 bridgehead atoms. The molecule has 2 aromatic carbocycles. The number of carbonyl (C=O) groups excluding carboxylic acids is 1. The summed E-state index contributed by atoms with van der Waals surface area (Å²) in [6.45, 7) is 0.413. The minimum absolute atomic E-state index is 0.0578. The third-order valence-corrected chi connectivity index (χ3v) is 3.32. The van der Waals surface area contributed by atoms with Crippen molar-refractivity contribution in [1.29, 1.82) is 0 Å². The number of halogens is 3. The highest BCUT2D eigenvalue weighted by Gasteiger charge is 2.07. The number of rotatable bonds is 4. The summed E-state index contributed by atoms with van der Waals surface area (Å²) in [6, 6.07) is 10.2. The van der Waals surface area contributed by atoms with Crippen molar-refractivity contribution in [2.45, 2.75) is 6.42 Å². The average Bonchev–Trinajstić information content (AvgIpc) is 2.44. The lowest BCUT2D eigenvalue weighted by Crippen LogP contribution is -2.30. The zero-order valence-electron chi connectivity index (χ0n) is 11.0. The summed E-state index contributed by atoms with van der Waals surface area (Å²) in [7, 11) is 0. The molecular weight excluding hydrogens is 342 g/mol. The molecule has 2 rings (SSSR count). The van der Waals surface area contributed by atoms with Crippen LogP contribution in [0, 0.1) is 11.6 Å². The van der Waals surface area contributed by atoms with Crippen LogP contribution in [0.1, 0.15) is 5.56 Å². The molecule has 0 fully saturated rings. The van der Waals surface area contributed by atoms with Crippen LogP contribution in [-0.4, -0.2) is 12.6 Å². The largest absolute Gasteiger partial charge is 0.338 e. The molecule has 21 heavy (non-hydrogen) atoms. The van der Waals surface area contributed by atoms with E-state index in [1.165, 1.54) is 6.07 Å². The van der Waals surface area contributed by atoms with Crippen molar-refractivity contribution in [3.05, 3.63) is 64.1 Å². The maximum Gasteiger partial charge on any atom is 0.319 e. The van der Waals surface area contributed by atoms with Crippen molar-refractivity contribution in [3.8, 4) is 0 Å². The number of anilines is 1. The van der Waals surface area contributed by atoms with Crippen LogP contribution in [0.3, 0.4) is 0 Å². The Morgan fingerprint density at radius 2 is 1.81 bits per heavy atom. The van der Waals surface area contributed by atoms with E-state index in [2.05, 4.69) is 26.6 Å². The highest BCUT2D eigenvalue weighted by atomic mass is 79.9. The molecule has 0 aliphatic carbocycles. The molecule has 2 aromatic rings. The maximum atomic E-state index is 13.3. The second-order valence-corrected chi connectivity index (χ2v) is 5.30. The smallest absolute Gasteiger partial charge is 0.319 e. The van der Waals surface area contributed by atoms with Gasteiger partial charge in [-0.2, -0.15) is 0 Å². The Hall–Kier alpha value is -1.95. The molecule has 0 heterocycles. The van der Waals surface area contributed by atoms with E-state index in [1.807, 2.05) is 24.3 Å². The van der Waals surface area contributed by atoms with Crippen LogP contribution in [0.4, 0.5) is 19.3 Å². The standard InChI is InChI=1S/C15H13BrF2N2O/c16-11-3-1-10(2-4-11)7-8-19-15(21)20-14-6-5-12(17)9-13(14)18/h1-6,9H,7-8H2,(H2,19,20,21). The number of benzene rings is 2. The van der Waals surface area contributed by atoms with Gasteiger partial charge >= 0.3 is 6.03 Å². The van der Waals surface area contributed by atoms with Gasteiger partial charge in [-0.15, -0.1) is 0 Å². The number of hydrogen-bond donors (Lipinski definition) is 2. The first-order valence-electron chi connectivity index (χ1n) is 6.29. The van der Waals surface area contributed by atoms with Crippen LogP contribution < -0.4 is 10.6 Å². The highest BCUT2D eigenvalue weighted by Crippen LogP contribution is 2.14. The van der Waals surface area contributed by atoms with E-state index in [1.54, 1.807) is 0 Å². The van der Waals surface area contributed by atoms with E-state index in [0.29, 0.717) is 13.0 Å². The minimum atomic E-state index is -0.807. The molecule has 3 nitrogen and oxygen atoms in total. The van der Waals surface area contributed by atoms with E-state index in [4.69, 9.17) is 0 Å². The Bertz CT molecular complexity index is 632. The van der Waals surface area contributed by atoms with Gasteiger partial charge in [0.1, 0.15) is 11.6 Å². The van der Waals surface area contributed by atoms with Gasteiger partial charge < -0.3 is 10.6 Å². The Morgan fingerprint density at radius 3 is 2.48 bits per heavy atom. The molecule has 0 spiro atoms. The first kappa shape index (κ1) is 15.4. The van der Waals surface area contributed by atoms with Gasteiger partial charge in [-0.3, -0.25) is 0 Å². The number of nitrogens with one attached hydrogen (secondary N) is 2. The molecule has 110 valence electrons. The summed E-state index contributed by atoms with van der Waals surface area (Å²) in [5, 5.41) is 4.95. The lowest BCUT2D eigenvalue weighted by atomic mass is 10.1. The number of carbonyl (C=O) groups is 1. The minimum Gasteiger partial charge on any atom is -0.338 e. The summed E-state index contributed by atoms with van der Waals surface area (Å²) >= 11 is 3.34. The zero-order chi connectivity index (χ0) is 15.2. The maximum absolute atomic E-state index is 13.3. The molecule has 0 aromatic heterocycles. The lowest BCUT2D eigenvalue weighted by Gasteiger charge is -2.08. The SMILES string of the molecule is O=C(NCCc1ccc(Br)cc1)Nc1ccc(F)cc1F. The Kier molecular flexibility index (Phi) is 5.27. The monoisotopic (exact) mass is 354 g/mol. The van der Waals surface area contributed by atoms with Crippen LogP contribution in [0.25, 0.3) is 0 Å². The molecule has 2 N–H and O–H groups in total. The van der Waals surface area contributed by atoms with Crippen molar-refractivity contribution in [2.24, 2.45) is 0 Å². The van der Waals surface area contributed by atoms with Gasteiger partial charge in [-0.05, 0) is 36.2 Å². The summed E-state index contributed by atoms with van der Waals surface area (Å²) in [5.41, 5.74) is 1.02. The fourth-order valence-corrected chi connectivity index (χ4v) is 1.99. The van der Waals surface area contributed by atoms with Gasteiger partial charge in [0, 0.05) is 17.1 Å². The van der Waals surface area contributed by atoms with E-state index < -0.39 is 17.7 Å². The lowest BCUT2D eigenvalue weighted by molar-refractivity contribution is 0.252. The molecular formula is C15H13BrF2N2O. The van der Waals surface area contributed by atoms with Crippen molar-refractivity contribution in [3.63, 3.8) is 0 Å². The molecule has 6 heteroatoms. The number of urea groups is 1. The Morgan fingerprint density at radius 1 is 1.10 bits per heavy atom. The first-order chi connectivity index (χ1) is 10.0. The molecule has 0 saturated carbocycles. The van der Waals surface area contributed by atoms with E-state index in [9.17, 15) is 13.6 Å². The van der Waals surface area contributed by atoms with Gasteiger partial charge in [0.2, 0.25) is 0 Å². The van der Waals surface area contributed by atoms with Crippen molar-refractivity contribution in [1.82, 2.24) is 5.32 Å². The molecule has 0 aliphatic heterocycles. The zero-order valence-corrected chi connectivity index (χ0v) is 12.6. The van der Waals surface area contributed by atoms with E-state index in [0.717, 1.165) is 22.2 Å². The fraction of sp³-hybridized carbons (Fsp3) is 0.133.